The Kier molecular flexibility index (Phi) is 5.26. The molecule has 1 fully saturated rings. The molecule has 2 rings (SSSR count). The van der Waals surface area contributed by atoms with Crippen molar-refractivity contribution >= 4 is 29.4 Å². The van der Waals surface area contributed by atoms with Gasteiger partial charge in [0.25, 0.3) is 5.91 Å². The number of rotatable bonds is 6. The molecule has 1 aliphatic rings. The van der Waals surface area contributed by atoms with Gasteiger partial charge in [0, 0.05) is 11.6 Å². The molecule has 1 saturated heterocycles. The van der Waals surface area contributed by atoms with Crippen LogP contribution in [-0.4, -0.2) is 41.4 Å². The highest BCUT2D eigenvalue weighted by molar-refractivity contribution is 6.30. The van der Waals surface area contributed by atoms with Crippen molar-refractivity contribution in [3.8, 4) is 0 Å². The molecule has 23 heavy (non-hydrogen) atoms. The average molecular weight is 338 g/mol. The van der Waals surface area contributed by atoms with Crippen molar-refractivity contribution in [3.63, 3.8) is 0 Å². The van der Waals surface area contributed by atoms with Crippen molar-refractivity contribution in [2.75, 3.05) is 13.1 Å². The fourth-order valence-electron chi connectivity index (χ4n) is 2.33. The third-order valence-corrected chi connectivity index (χ3v) is 4.26. The van der Waals surface area contributed by atoms with Gasteiger partial charge in [-0.05, 0) is 37.5 Å². The molecule has 1 heterocycles. The lowest BCUT2D eigenvalue weighted by Gasteiger charge is -2.19. The van der Waals surface area contributed by atoms with Crippen LogP contribution in [0.1, 0.15) is 25.8 Å². The number of hydrogen-bond acceptors (Lipinski definition) is 3. The normalized spacial score (nSPS) is 20.6. The predicted molar refractivity (Wildman–Crippen MR) is 87.1 cm³/mol. The van der Waals surface area contributed by atoms with Crippen LogP contribution in [0.3, 0.4) is 0 Å². The number of nitrogens with one attached hydrogen (secondary N) is 2. The molecule has 1 aliphatic heterocycles. The molecule has 1 atom stereocenters. The SMILES string of the molecule is CC[C@]1(C)NC(=O)N(CC(=O)NCCc2ccc(Cl)cc2)C1=O. The number of hydrogen-bond donors (Lipinski definition) is 2. The van der Waals surface area contributed by atoms with Crippen LogP contribution in [0.5, 0.6) is 0 Å². The maximum absolute atomic E-state index is 12.2. The summed E-state index contributed by atoms with van der Waals surface area (Å²) >= 11 is 5.81. The third kappa shape index (κ3) is 4.01. The molecule has 0 radical (unpaired) electrons. The molecule has 0 unspecified atom stereocenters. The number of amides is 4. The molecule has 6 nitrogen and oxygen atoms in total. The van der Waals surface area contributed by atoms with Gasteiger partial charge in [0.1, 0.15) is 12.1 Å². The summed E-state index contributed by atoms with van der Waals surface area (Å²) in [5.41, 5.74) is 0.129. The molecule has 0 aromatic heterocycles. The first-order valence-electron chi connectivity index (χ1n) is 7.51. The Morgan fingerprint density at radius 1 is 1.30 bits per heavy atom. The van der Waals surface area contributed by atoms with Crippen molar-refractivity contribution in [2.45, 2.75) is 32.2 Å². The van der Waals surface area contributed by atoms with Gasteiger partial charge in [-0.3, -0.25) is 14.5 Å². The van der Waals surface area contributed by atoms with E-state index in [9.17, 15) is 14.4 Å². The van der Waals surface area contributed by atoms with E-state index in [1.54, 1.807) is 19.1 Å². The molecule has 124 valence electrons. The Morgan fingerprint density at radius 3 is 2.52 bits per heavy atom. The van der Waals surface area contributed by atoms with E-state index >= 15 is 0 Å². The second-order valence-corrected chi connectivity index (χ2v) is 6.17. The first-order chi connectivity index (χ1) is 10.9. The van der Waals surface area contributed by atoms with Gasteiger partial charge in [0.2, 0.25) is 5.91 Å². The molecule has 0 spiro atoms. The summed E-state index contributed by atoms with van der Waals surface area (Å²) in [5.74, 6) is -0.722. The maximum Gasteiger partial charge on any atom is 0.325 e. The molecule has 0 bridgehead atoms. The van der Waals surface area contributed by atoms with Crippen LogP contribution in [-0.2, 0) is 16.0 Å². The van der Waals surface area contributed by atoms with Crippen LogP contribution >= 0.6 is 11.6 Å². The number of imide groups is 1. The summed E-state index contributed by atoms with van der Waals surface area (Å²) < 4.78 is 0. The number of carbonyl (C=O) groups is 3. The third-order valence-electron chi connectivity index (χ3n) is 4.00. The van der Waals surface area contributed by atoms with E-state index in [0.29, 0.717) is 24.4 Å². The Balaban J connectivity index is 1.82. The summed E-state index contributed by atoms with van der Waals surface area (Å²) in [6, 6.07) is 6.83. The summed E-state index contributed by atoms with van der Waals surface area (Å²) in [6.45, 7) is 3.63. The van der Waals surface area contributed by atoms with E-state index in [0.717, 1.165) is 10.5 Å². The number of halogens is 1. The number of benzene rings is 1. The minimum atomic E-state index is -0.916. The number of nitrogens with zero attached hydrogens (tertiary/aromatic N) is 1. The fraction of sp³-hybridized carbons (Fsp3) is 0.438. The first kappa shape index (κ1) is 17.3. The molecular weight excluding hydrogens is 318 g/mol. The van der Waals surface area contributed by atoms with Crippen molar-refractivity contribution < 1.29 is 14.4 Å². The van der Waals surface area contributed by atoms with Crippen LogP contribution in [0.2, 0.25) is 5.02 Å². The highest BCUT2D eigenvalue weighted by Crippen LogP contribution is 2.20. The van der Waals surface area contributed by atoms with Crippen molar-refractivity contribution in [1.29, 1.82) is 0 Å². The van der Waals surface area contributed by atoms with Crippen LogP contribution in [0, 0.1) is 0 Å². The highest BCUT2D eigenvalue weighted by Gasteiger charge is 2.46. The molecule has 1 aromatic carbocycles. The lowest BCUT2D eigenvalue weighted by Crippen LogP contribution is -2.44. The molecule has 2 N–H and O–H groups in total. The molecule has 7 heteroatoms. The Labute approximate surface area is 140 Å². The molecule has 4 amide bonds. The van der Waals surface area contributed by atoms with E-state index in [1.165, 1.54) is 0 Å². The van der Waals surface area contributed by atoms with Gasteiger partial charge in [-0.25, -0.2) is 4.79 Å². The Hall–Kier alpha value is -2.08. The van der Waals surface area contributed by atoms with Gasteiger partial charge in [0.05, 0.1) is 0 Å². The van der Waals surface area contributed by atoms with Crippen molar-refractivity contribution in [3.05, 3.63) is 34.9 Å². The highest BCUT2D eigenvalue weighted by atomic mass is 35.5. The molecule has 1 aromatic rings. The van der Waals surface area contributed by atoms with Crippen LogP contribution in [0.25, 0.3) is 0 Å². The molecule has 0 saturated carbocycles. The van der Waals surface area contributed by atoms with Gasteiger partial charge >= 0.3 is 6.03 Å². The van der Waals surface area contributed by atoms with Gasteiger partial charge in [-0.2, -0.15) is 0 Å². The van der Waals surface area contributed by atoms with E-state index in [-0.39, 0.29) is 18.4 Å². The van der Waals surface area contributed by atoms with E-state index in [2.05, 4.69) is 10.6 Å². The Bertz CT molecular complexity index is 618. The van der Waals surface area contributed by atoms with E-state index < -0.39 is 11.6 Å². The van der Waals surface area contributed by atoms with Gasteiger partial charge in [-0.1, -0.05) is 30.7 Å². The smallest absolute Gasteiger partial charge is 0.325 e. The summed E-state index contributed by atoms with van der Waals surface area (Å²) in [4.78, 5) is 36.9. The summed E-state index contributed by atoms with van der Waals surface area (Å²) in [7, 11) is 0. The van der Waals surface area contributed by atoms with Crippen LogP contribution < -0.4 is 10.6 Å². The zero-order valence-electron chi connectivity index (χ0n) is 13.2. The number of carbonyl (C=O) groups excluding carboxylic acids is 3. The van der Waals surface area contributed by atoms with Crippen LogP contribution in [0.4, 0.5) is 4.79 Å². The topological polar surface area (TPSA) is 78.5 Å². The van der Waals surface area contributed by atoms with Crippen LogP contribution in [0.15, 0.2) is 24.3 Å². The lowest BCUT2D eigenvalue weighted by molar-refractivity contribution is -0.134. The zero-order valence-corrected chi connectivity index (χ0v) is 13.9. The predicted octanol–water partition coefficient (Wildman–Crippen LogP) is 1.72. The minimum Gasteiger partial charge on any atom is -0.354 e. The van der Waals surface area contributed by atoms with Crippen molar-refractivity contribution in [1.82, 2.24) is 15.5 Å². The monoisotopic (exact) mass is 337 g/mol. The quantitative estimate of drug-likeness (QED) is 0.776. The largest absolute Gasteiger partial charge is 0.354 e. The van der Waals surface area contributed by atoms with Gasteiger partial charge < -0.3 is 10.6 Å². The van der Waals surface area contributed by atoms with E-state index in [4.69, 9.17) is 11.6 Å². The van der Waals surface area contributed by atoms with Gasteiger partial charge in [0.15, 0.2) is 0 Å². The summed E-state index contributed by atoms with van der Waals surface area (Å²) in [5, 5.41) is 5.99. The summed E-state index contributed by atoms with van der Waals surface area (Å²) in [6.07, 6.45) is 1.13. The molecule has 0 aliphatic carbocycles. The number of urea groups is 1. The average Bonchev–Trinajstić information content (AvgIpc) is 2.73. The zero-order chi connectivity index (χ0) is 17.0. The molecular formula is C16H20ClN3O3. The van der Waals surface area contributed by atoms with Crippen molar-refractivity contribution in [2.24, 2.45) is 0 Å². The van der Waals surface area contributed by atoms with E-state index in [1.807, 2.05) is 19.1 Å². The minimum absolute atomic E-state index is 0.263. The second kappa shape index (κ2) is 7.00. The fourth-order valence-corrected chi connectivity index (χ4v) is 2.45. The Morgan fingerprint density at radius 2 is 1.96 bits per heavy atom. The second-order valence-electron chi connectivity index (χ2n) is 5.73. The standard InChI is InChI=1S/C16H20ClN3O3/c1-3-16(2)14(22)20(15(23)19-16)10-13(21)18-9-8-11-4-6-12(17)7-5-11/h4-7H,3,8-10H2,1-2H3,(H,18,21)(H,19,23)/t16-/m0/s1. The maximum atomic E-state index is 12.2. The van der Waals surface area contributed by atoms with Gasteiger partial charge in [-0.15, -0.1) is 0 Å². The lowest BCUT2D eigenvalue weighted by atomic mass is 9.99. The first-order valence-corrected chi connectivity index (χ1v) is 7.89.